The van der Waals surface area contributed by atoms with Gasteiger partial charge in [0.1, 0.15) is 5.82 Å². The molecule has 90 valence electrons. The first-order valence-corrected chi connectivity index (χ1v) is 5.35. The quantitative estimate of drug-likeness (QED) is 0.809. The van der Waals surface area contributed by atoms with E-state index in [-0.39, 0.29) is 12.3 Å². The lowest BCUT2D eigenvalue weighted by Gasteiger charge is -2.11. The summed E-state index contributed by atoms with van der Waals surface area (Å²) in [6, 6.07) is 5.41. The van der Waals surface area contributed by atoms with Crippen LogP contribution in [0.4, 0.5) is 5.82 Å². The van der Waals surface area contributed by atoms with Gasteiger partial charge in [-0.1, -0.05) is 6.92 Å². The third kappa shape index (κ3) is 4.51. The molecule has 1 atom stereocenters. The van der Waals surface area contributed by atoms with Crippen LogP contribution in [0, 0.1) is 24.2 Å². The number of aryl methyl sites for hydroxylation is 1. The summed E-state index contributed by atoms with van der Waals surface area (Å²) < 4.78 is 0. The average Bonchev–Trinajstić information content (AvgIpc) is 2.24. The molecule has 0 amide bonds. The normalized spacial score (nSPS) is 11.6. The topological polar surface area (TPSA) is 86.0 Å². The van der Waals surface area contributed by atoms with Gasteiger partial charge >= 0.3 is 5.97 Å². The minimum atomic E-state index is -0.811. The van der Waals surface area contributed by atoms with Crippen molar-refractivity contribution in [3.05, 3.63) is 23.4 Å². The minimum Gasteiger partial charge on any atom is -0.481 e. The van der Waals surface area contributed by atoms with E-state index in [1.54, 1.807) is 12.1 Å². The monoisotopic (exact) mass is 233 g/mol. The van der Waals surface area contributed by atoms with Gasteiger partial charge in [-0.3, -0.25) is 4.79 Å². The minimum absolute atomic E-state index is 0.0142. The number of nitrogens with one attached hydrogen (secondary N) is 1. The van der Waals surface area contributed by atoms with Gasteiger partial charge in [0.05, 0.1) is 11.6 Å². The highest BCUT2D eigenvalue weighted by molar-refractivity contribution is 5.67. The van der Waals surface area contributed by atoms with Crippen LogP contribution in [0.3, 0.4) is 0 Å². The lowest BCUT2D eigenvalue weighted by atomic mass is 10.1. The number of anilines is 1. The van der Waals surface area contributed by atoms with Gasteiger partial charge in [-0.05, 0) is 25.0 Å². The maximum atomic E-state index is 10.5. The van der Waals surface area contributed by atoms with Crippen molar-refractivity contribution < 1.29 is 9.90 Å². The molecule has 1 aromatic heterocycles. The summed E-state index contributed by atoms with van der Waals surface area (Å²) in [6.45, 7) is 4.18. The molecule has 1 unspecified atom stereocenters. The highest BCUT2D eigenvalue weighted by atomic mass is 16.4. The Balaban J connectivity index is 2.60. The summed E-state index contributed by atoms with van der Waals surface area (Å²) in [6.07, 6.45) is 0.115. The van der Waals surface area contributed by atoms with Crippen LogP contribution >= 0.6 is 0 Å². The molecular weight excluding hydrogens is 218 g/mol. The zero-order valence-electron chi connectivity index (χ0n) is 9.90. The first kappa shape index (κ1) is 13.0. The zero-order valence-corrected chi connectivity index (χ0v) is 9.90. The standard InChI is InChI=1S/C12H15N3O2/c1-8(3-12(16)17)7-14-11-5-10(6-13)4-9(2)15-11/h4-5,8H,3,7H2,1-2H3,(H,14,15)(H,16,17). The van der Waals surface area contributed by atoms with Gasteiger partial charge in [0.25, 0.3) is 0 Å². The number of aliphatic carboxylic acids is 1. The Morgan fingerprint density at radius 1 is 1.65 bits per heavy atom. The van der Waals surface area contributed by atoms with Crippen LogP contribution in [0.2, 0.25) is 0 Å². The molecule has 1 aromatic rings. The summed E-state index contributed by atoms with van der Waals surface area (Å²) in [5.41, 5.74) is 1.31. The Morgan fingerprint density at radius 3 is 2.94 bits per heavy atom. The second-order valence-electron chi connectivity index (χ2n) is 4.08. The molecule has 5 heteroatoms. The number of carboxylic acids is 1. The van der Waals surface area contributed by atoms with Crippen molar-refractivity contribution in [3.63, 3.8) is 0 Å². The van der Waals surface area contributed by atoms with E-state index in [1.165, 1.54) is 0 Å². The van der Waals surface area contributed by atoms with Gasteiger partial charge in [0.2, 0.25) is 0 Å². The first-order chi connectivity index (χ1) is 8.01. The van der Waals surface area contributed by atoms with Crippen LogP contribution in [-0.4, -0.2) is 22.6 Å². The largest absolute Gasteiger partial charge is 0.481 e. The molecule has 1 rings (SSSR count). The van der Waals surface area contributed by atoms with Crippen molar-refractivity contribution in [2.24, 2.45) is 5.92 Å². The molecule has 2 N–H and O–H groups in total. The Bertz CT molecular complexity index is 452. The second-order valence-corrected chi connectivity index (χ2v) is 4.08. The fourth-order valence-corrected chi connectivity index (χ4v) is 1.47. The van der Waals surface area contributed by atoms with Crippen LogP contribution in [0.15, 0.2) is 12.1 Å². The maximum absolute atomic E-state index is 10.5. The summed E-state index contributed by atoms with van der Waals surface area (Å²) in [5, 5.41) is 20.5. The van der Waals surface area contributed by atoms with Crippen molar-refractivity contribution in [1.82, 2.24) is 4.98 Å². The van der Waals surface area contributed by atoms with E-state index in [0.717, 1.165) is 5.69 Å². The Labute approximate surface area is 100 Å². The molecule has 1 heterocycles. The van der Waals surface area contributed by atoms with Gasteiger partial charge in [-0.25, -0.2) is 4.98 Å². The third-order valence-electron chi connectivity index (χ3n) is 2.24. The van der Waals surface area contributed by atoms with Crippen LogP contribution in [0.25, 0.3) is 0 Å². The van der Waals surface area contributed by atoms with Crippen LogP contribution < -0.4 is 5.32 Å². The molecule has 0 aromatic carbocycles. The molecule has 0 radical (unpaired) electrons. The Morgan fingerprint density at radius 2 is 2.35 bits per heavy atom. The predicted molar refractivity (Wildman–Crippen MR) is 63.6 cm³/mol. The number of nitriles is 1. The van der Waals surface area contributed by atoms with E-state index in [1.807, 2.05) is 13.8 Å². The number of carbonyl (C=O) groups is 1. The molecular formula is C12H15N3O2. The highest BCUT2D eigenvalue weighted by Gasteiger charge is 2.08. The first-order valence-electron chi connectivity index (χ1n) is 5.35. The number of hydrogen-bond donors (Lipinski definition) is 2. The van der Waals surface area contributed by atoms with Crippen molar-refractivity contribution in [2.75, 3.05) is 11.9 Å². The molecule has 0 saturated carbocycles. The Kier molecular flexibility index (Phi) is 4.46. The summed E-state index contributed by atoms with van der Waals surface area (Å²) in [4.78, 5) is 14.7. The molecule has 0 bridgehead atoms. The van der Waals surface area contributed by atoms with E-state index >= 15 is 0 Å². The van der Waals surface area contributed by atoms with Crippen molar-refractivity contribution in [2.45, 2.75) is 20.3 Å². The van der Waals surface area contributed by atoms with Gasteiger partial charge in [-0.15, -0.1) is 0 Å². The molecule has 0 aliphatic heterocycles. The summed E-state index contributed by atoms with van der Waals surface area (Å²) in [7, 11) is 0. The van der Waals surface area contributed by atoms with Gasteiger partial charge < -0.3 is 10.4 Å². The third-order valence-corrected chi connectivity index (χ3v) is 2.24. The second kappa shape index (κ2) is 5.85. The van der Waals surface area contributed by atoms with Crippen molar-refractivity contribution in [3.8, 4) is 6.07 Å². The van der Waals surface area contributed by atoms with E-state index < -0.39 is 5.97 Å². The van der Waals surface area contributed by atoms with Crippen molar-refractivity contribution >= 4 is 11.8 Å². The van der Waals surface area contributed by atoms with E-state index in [4.69, 9.17) is 10.4 Å². The SMILES string of the molecule is Cc1cc(C#N)cc(NCC(C)CC(=O)O)n1. The van der Waals surface area contributed by atoms with Gasteiger partial charge in [0.15, 0.2) is 0 Å². The fourth-order valence-electron chi connectivity index (χ4n) is 1.47. The molecule has 0 fully saturated rings. The number of carboxylic acid groups (broad SMARTS) is 1. The summed E-state index contributed by atoms with van der Waals surface area (Å²) in [5.74, 6) is -0.187. The van der Waals surface area contributed by atoms with E-state index in [9.17, 15) is 4.79 Å². The number of rotatable bonds is 5. The molecule has 0 aliphatic rings. The highest BCUT2D eigenvalue weighted by Crippen LogP contribution is 2.10. The summed E-state index contributed by atoms with van der Waals surface area (Å²) >= 11 is 0. The maximum Gasteiger partial charge on any atom is 0.303 e. The fraction of sp³-hybridized carbons (Fsp3) is 0.417. The molecule has 0 saturated heterocycles. The molecule has 5 nitrogen and oxygen atoms in total. The van der Waals surface area contributed by atoms with E-state index in [2.05, 4.69) is 16.4 Å². The predicted octanol–water partition coefficient (Wildman–Crippen LogP) is 1.78. The Hall–Kier alpha value is -2.09. The van der Waals surface area contributed by atoms with Crippen LogP contribution in [0.1, 0.15) is 24.6 Å². The average molecular weight is 233 g/mol. The van der Waals surface area contributed by atoms with Crippen LogP contribution in [0.5, 0.6) is 0 Å². The number of nitrogens with zero attached hydrogens (tertiary/aromatic N) is 2. The van der Waals surface area contributed by atoms with Crippen molar-refractivity contribution in [1.29, 1.82) is 5.26 Å². The molecule has 0 aliphatic carbocycles. The lowest BCUT2D eigenvalue weighted by Crippen LogP contribution is -2.15. The van der Waals surface area contributed by atoms with E-state index in [0.29, 0.717) is 17.9 Å². The van der Waals surface area contributed by atoms with Crippen LogP contribution in [-0.2, 0) is 4.79 Å². The number of hydrogen-bond acceptors (Lipinski definition) is 4. The number of aromatic nitrogens is 1. The molecule has 0 spiro atoms. The zero-order chi connectivity index (χ0) is 12.8. The molecule has 17 heavy (non-hydrogen) atoms. The smallest absolute Gasteiger partial charge is 0.303 e. The van der Waals surface area contributed by atoms with Gasteiger partial charge in [-0.2, -0.15) is 5.26 Å². The van der Waals surface area contributed by atoms with Gasteiger partial charge in [0, 0.05) is 18.7 Å². The number of pyridine rings is 1. The lowest BCUT2D eigenvalue weighted by molar-refractivity contribution is -0.137.